The monoisotopic (exact) mass is 366 g/mol. The number of halogens is 2. The van der Waals surface area contributed by atoms with Crippen molar-refractivity contribution < 1.29 is 4.79 Å². The Hall–Kier alpha value is -1.85. The molecule has 128 valence electrons. The van der Waals surface area contributed by atoms with Crippen molar-refractivity contribution in [3.05, 3.63) is 45.7 Å². The first kappa shape index (κ1) is 18.5. The molecule has 2 aromatic rings. The van der Waals surface area contributed by atoms with Gasteiger partial charge in [0.05, 0.1) is 15.7 Å². The fourth-order valence-corrected chi connectivity index (χ4v) is 2.52. The van der Waals surface area contributed by atoms with Crippen LogP contribution in [0.3, 0.4) is 0 Å². The van der Waals surface area contributed by atoms with Gasteiger partial charge in [0.25, 0.3) is 5.91 Å². The van der Waals surface area contributed by atoms with Crippen LogP contribution in [0.1, 0.15) is 36.5 Å². The summed E-state index contributed by atoms with van der Waals surface area (Å²) in [5.74, 6) is 0.626. The van der Waals surface area contributed by atoms with E-state index in [0.717, 1.165) is 13.0 Å². The minimum absolute atomic E-state index is 0.255. The Morgan fingerprint density at radius 2 is 1.88 bits per heavy atom. The van der Waals surface area contributed by atoms with Crippen LogP contribution in [-0.2, 0) is 0 Å². The number of anilines is 2. The Balaban J connectivity index is 2.15. The second-order valence-corrected chi connectivity index (χ2v) is 6.69. The van der Waals surface area contributed by atoms with Gasteiger partial charge >= 0.3 is 0 Å². The highest BCUT2D eigenvalue weighted by Gasteiger charge is 2.14. The first-order valence-corrected chi connectivity index (χ1v) is 8.47. The lowest BCUT2D eigenvalue weighted by Gasteiger charge is -2.11. The highest BCUT2D eigenvalue weighted by Crippen LogP contribution is 2.30. The van der Waals surface area contributed by atoms with Gasteiger partial charge in [-0.3, -0.25) is 4.79 Å². The summed E-state index contributed by atoms with van der Waals surface area (Å²) in [6.45, 7) is 6.85. The van der Waals surface area contributed by atoms with Crippen LogP contribution in [0.5, 0.6) is 0 Å². The third-order valence-electron chi connectivity index (χ3n) is 3.29. The molecule has 0 bridgehead atoms. The number of benzene rings is 1. The molecular formula is C17H20Cl2N4O. The van der Waals surface area contributed by atoms with Gasteiger partial charge in [-0.1, -0.05) is 43.1 Å². The summed E-state index contributed by atoms with van der Waals surface area (Å²) in [4.78, 5) is 21.0. The number of carbonyl (C=O) groups is 1. The largest absolute Gasteiger partial charge is 0.354 e. The van der Waals surface area contributed by atoms with Gasteiger partial charge in [0, 0.05) is 12.2 Å². The molecule has 0 radical (unpaired) electrons. The predicted octanol–water partition coefficient (Wildman–Crippen LogP) is 4.80. The smallest absolute Gasteiger partial charge is 0.274 e. The lowest BCUT2D eigenvalue weighted by atomic mass is 10.1. The molecule has 2 rings (SSSR count). The molecule has 0 aliphatic carbocycles. The first-order chi connectivity index (χ1) is 11.4. The molecule has 1 heterocycles. The van der Waals surface area contributed by atoms with E-state index in [-0.39, 0.29) is 11.6 Å². The summed E-state index contributed by atoms with van der Waals surface area (Å²) in [5.41, 5.74) is 1.33. The Morgan fingerprint density at radius 3 is 2.50 bits per heavy atom. The molecule has 2 N–H and O–H groups in total. The minimum atomic E-state index is -0.387. The van der Waals surface area contributed by atoms with Gasteiger partial charge in [0.15, 0.2) is 0 Å². The van der Waals surface area contributed by atoms with E-state index in [0.29, 0.717) is 33.3 Å². The van der Waals surface area contributed by atoms with E-state index in [2.05, 4.69) is 34.4 Å². The lowest BCUT2D eigenvalue weighted by Crippen LogP contribution is -2.17. The zero-order valence-corrected chi connectivity index (χ0v) is 15.4. The molecule has 0 atom stereocenters. The molecule has 0 unspecified atom stereocenters. The van der Waals surface area contributed by atoms with E-state index in [4.69, 9.17) is 23.2 Å². The highest BCUT2D eigenvalue weighted by molar-refractivity contribution is 6.40. The third kappa shape index (κ3) is 5.08. The fraction of sp³-hybridized carbons (Fsp3) is 0.353. The van der Waals surface area contributed by atoms with Crippen LogP contribution in [0.25, 0.3) is 0 Å². The average Bonchev–Trinajstić information content (AvgIpc) is 2.50. The molecule has 0 spiro atoms. The standard InChI is InChI=1S/C17H20Cl2N4O/c1-10(2)7-8-20-17-21-11(3)9-14(22-17)16(24)23-15-12(18)5-4-6-13(15)19/h4-6,9-10H,7-8H2,1-3H3,(H,23,24)(H,20,21,22). The van der Waals surface area contributed by atoms with Crippen LogP contribution >= 0.6 is 23.2 Å². The number of rotatable bonds is 6. The molecule has 1 aromatic heterocycles. The molecular weight excluding hydrogens is 347 g/mol. The van der Waals surface area contributed by atoms with E-state index in [1.807, 2.05) is 6.92 Å². The fourth-order valence-electron chi connectivity index (χ4n) is 2.03. The van der Waals surface area contributed by atoms with Crippen LogP contribution in [0.4, 0.5) is 11.6 Å². The van der Waals surface area contributed by atoms with Gasteiger partial charge in [-0.05, 0) is 37.5 Å². The number of amides is 1. The Morgan fingerprint density at radius 1 is 1.21 bits per heavy atom. The van der Waals surface area contributed by atoms with Crippen molar-refractivity contribution >= 4 is 40.7 Å². The van der Waals surface area contributed by atoms with Crippen LogP contribution in [0.15, 0.2) is 24.3 Å². The number of aromatic nitrogens is 2. The summed E-state index contributed by atoms with van der Waals surface area (Å²) < 4.78 is 0. The van der Waals surface area contributed by atoms with E-state index in [1.54, 1.807) is 24.3 Å². The molecule has 0 fully saturated rings. The zero-order valence-electron chi connectivity index (χ0n) is 13.9. The van der Waals surface area contributed by atoms with Crippen molar-refractivity contribution in [2.24, 2.45) is 5.92 Å². The van der Waals surface area contributed by atoms with Crippen molar-refractivity contribution in [1.82, 2.24) is 9.97 Å². The van der Waals surface area contributed by atoms with Gasteiger partial charge in [-0.25, -0.2) is 9.97 Å². The minimum Gasteiger partial charge on any atom is -0.354 e. The number of hydrogen-bond acceptors (Lipinski definition) is 4. The molecule has 1 aromatic carbocycles. The molecule has 7 heteroatoms. The maximum absolute atomic E-state index is 12.5. The van der Waals surface area contributed by atoms with Crippen molar-refractivity contribution in [1.29, 1.82) is 0 Å². The van der Waals surface area contributed by atoms with Gasteiger partial charge in [-0.2, -0.15) is 0 Å². The van der Waals surface area contributed by atoms with Gasteiger partial charge in [-0.15, -0.1) is 0 Å². The molecule has 0 aliphatic heterocycles. The number of para-hydroxylation sites is 1. The number of nitrogens with one attached hydrogen (secondary N) is 2. The SMILES string of the molecule is Cc1cc(C(=O)Nc2c(Cl)cccc2Cl)nc(NCCC(C)C)n1. The van der Waals surface area contributed by atoms with Gasteiger partial charge in [0.1, 0.15) is 5.69 Å². The van der Waals surface area contributed by atoms with Crippen molar-refractivity contribution in [2.75, 3.05) is 17.2 Å². The first-order valence-electron chi connectivity index (χ1n) is 7.71. The maximum Gasteiger partial charge on any atom is 0.274 e. The summed E-state index contributed by atoms with van der Waals surface area (Å²) in [6.07, 6.45) is 0.994. The average molecular weight is 367 g/mol. The Bertz CT molecular complexity index is 714. The number of hydrogen-bond donors (Lipinski definition) is 2. The van der Waals surface area contributed by atoms with Crippen molar-refractivity contribution in [3.63, 3.8) is 0 Å². The second-order valence-electron chi connectivity index (χ2n) is 5.88. The molecule has 5 nitrogen and oxygen atoms in total. The zero-order chi connectivity index (χ0) is 17.7. The van der Waals surface area contributed by atoms with Crippen LogP contribution in [0, 0.1) is 12.8 Å². The second kappa shape index (κ2) is 8.31. The number of aryl methyl sites for hydroxylation is 1. The summed E-state index contributed by atoms with van der Waals surface area (Å²) in [6, 6.07) is 6.65. The number of nitrogens with zero attached hydrogens (tertiary/aromatic N) is 2. The Kier molecular flexibility index (Phi) is 6.40. The lowest BCUT2D eigenvalue weighted by molar-refractivity contribution is 0.102. The molecule has 0 saturated carbocycles. The summed E-state index contributed by atoms with van der Waals surface area (Å²) >= 11 is 12.2. The van der Waals surface area contributed by atoms with Crippen molar-refractivity contribution in [3.8, 4) is 0 Å². The van der Waals surface area contributed by atoms with Crippen molar-refractivity contribution in [2.45, 2.75) is 27.2 Å². The molecule has 24 heavy (non-hydrogen) atoms. The quantitative estimate of drug-likeness (QED) is 0.770. The summed E-state index contributed by atoms with van der Waals surface area (Å²) in [5, 5.41) is 6.59. The topological polar surface area (TPSA) is 66.9 Å². The third-order valence-corrected chi connectivity index (χ3v) is 3.92. The van der Waals surface area contributed by atoms with E-state index in [9.17, 15) is 4.79 Å². The van der Waals surface area contributed by atoms with E-state index < -0.39 is 0 Å². The predicted molar refractivity (Wildman–Crippen MR) is 99.1 cm³/mol. The highest BCUT2D eigenvalue weighted by atomic mass is 35.5. The van der Waals surface area contributed by atoms with Gasteiger partial charge in [0.2, 0.25) is 5.95 Å². The maximum atomic E-state index is 12.5. The molecule has 0 aliphatic rings. The van der Waals surface area contributed by atoms with Crippen LogP contribution in [0.2, 0.25) is 10.0 Å². The summed E-state index contributed by atoms with van der Waals surface area (Å²) in [7, 11) is 0. The molecule has 0 saturated heterocycles. The molecule has 1 amide bonds. The van der Waals surface area contributed by atoms with Gasteiger partial charge < -0.3 is 10.6 Å². The van der Waals surface area contributed by atoms with Crippen LogP contribution < -0.4 is 10.6 Å². The normalized spacial score (nSPS) is 10.8. The van der Waals surface area contributed by atoms with Crippen LogP contribution in [-0.4, -0.2) is 22.4 Å². The van der Waals surface area contributed by atoms with E-state index in [1.165, 1.54) is 0 Å². The van der Waals surface area contributed by atoms with E-state index >= 15 is 0 Å². The Labute approximate surface area is 151 Å². The number of carbonyl (C=O) groups excluding carboxylic acids is 1.